The van der Waals surface area contributed by atoms with Gasteiger partial charge in [0.05, 0.1) is 12.2 Å². The minimum absolute atomic E-state index is 0.223. The molecule has 2 heterocycles. The molecule has 1 amide bonds. The summed E-state index contributed by atoms with van der Waals surface area (Å²) in [7, 11) is 0. The van der Waals surface area contributed by atoms with E-state index in [4.69, 9.17) is 14.7 Å². The lowest BCUT2D eigenvalue weighted by molar-refractivity contribution is 0.0177. The van der Waals surface area contributed by atoms with Crippen LogP contribution in [-0.4, -0.2) is 41.3 Å². The SMILES string of the molecule is CC(C)(C)OC(=O)N1CCC(CCOc2ccc(C#N)cn2)CC1. The molecule has 0 spiro atoms. The number of nitriles is 1. The van der Waals surface area contributed by atoms with Crippen molar-refractivity contribution in [3.63, 3.8) is 0 Å². The van der Waals surface area contributed by atoms with Crippen LogP contribution in [0.1, 0.15) is 45.6 Å². The number of carbonyl (C=O) groups excluding carboxylic acids is 1. The number of carbonyl (C=O) groups is 1. The van der Waals surface area contributed by atoms with E-state index in [1.54, 1.807) is 17.0 Å². The van der Waals surface area contributed by atoms with E-state index in [2.05, 4.69) is 4.98 Å². The number of aromatic nitrogens is 1. The molecule has 0 bridgehead atoms. The molecule has 6 heteroatoms. The quantitative estimate of drug-likeness (QED) is 0.845. The van der Waals surface area contributed by atoms with Gasteiger partial charge in [-0.3, -0.25) is 0 Å². The molecule has 1 aromatic heterocycles. The number of pyridine rings is 1. The maximum absolute atomic E-state index is 12.0. The number of ether oxygens (including phenoxy) is 2. The Balaban J connectivity index is 1.67. The molecular weight excluding hydrogens is 306 g/mol. The summed E-state index contributed by atoms with van der Waals surface area (Å²) in [6, 6.07) is 5.44. The van der Waals surface area contributed by atoms with Crippen molar-refractivity contribution < 1.29 is 14.3 Å². The minimum atomic E-state index is -0.449. The van der Waals surface area contributed by atoms with Crippen LogP contribution in [0.2, 0.25) is 0 Å². The first-order chi connectivity index (χ1) is 11.4. The summed E-state index contributed by atoms with van der Waals surface area (Å²) in [5.74, 6) is 1.09. The monoisotopic (exact) mass is 331 g/mol. The van der Waals surface area contributed by atoms with Gasteiger partial charge < -0.3 is 14.4 Å². The van der Waals surface area contributed by atoms with Gasteiger partial charge in [0, 0.05) is 25.4 Å². The number of rotatable bonds is 4. The van der Waals surface area contributed by atoms with Crippen molar-refractivity contribution >= 4 is 6.09 Å². The Bertz CT molecular complexity index is 579. The third kappa shape index (κ3) is 5.73. The van der Waals surface area contributed by atoms with Crippen molar-refractivity contribution in [3.8, 4) is 11.9 Å². The van der Waals surface area contributed by atoms with E-state index >= 15 is 0 Å². The van der Waals surface area contributed by atoms with Crippen molar-refractivity contribution in [2.45, 2.75) is 45.6 Å². The summed E-state index contributed by atoms with van der Waals surface area (Å²) in [5.41, 5.74) is 0.0763. The Labute approximate surface area is 143 Å². The fourth-order valence-electron chi connectivity index (χ4n) is 2.59. The van der Waals surface area contributed by atoms with Crippen LogP contribution >= 0.6 is 0 Å². The number of likely N-dealkylation sites (tertiary alicyclic amines) is 1. The summed E-state index contributed by atoms with van der Waals surface area (Å²) < 4.78 is 11.0. The molecule has 0 atom stereocenters. The first-order valence-electron chi connectivity index (χ1n) is 8.34. The Morgan fingerprint density at radius 1 is 1.38 bits per heavy atom. The Hall–Kier alpha value is -2.29. The molecule has 1 fully saturated rings. The third-order valence-corrected chi connectivity index (χ3v) is 3.91. The molecule has 2 rings (SSSR count). The zero-order valence-electron chi connectivity index (χ0n) is 14.6. The normalized spacial score (nSPS) is 15.7. The number of nitrogens with zero attached hydrogens (tertiary/aromatic N) is 3. The van der Waals surface area contributed by atoms with Crippen molar-refractivity contribution in [2.24, 2.45) is 5.92 Å². The standard InChI is InChI=1S/C18H25N3O3/c1-18(2,3)24-17(22)21-9-6-14(7-10-21)8-11-23-16-5-4-15(12-19)13-20-16/h4-5,13-14H,6-11H2,1-3H3. The second kappa shape index (κ2) is 8.00. The summed E-state index contributed by atoms with van der Waals surface area (Å²) in [5, 5.41) is 8.73. The molecule has 0 radical (unpaired) electrons. The maximum Gasteiger partial charge on any atom is 0.410 e. The molecule has 1 aromatic rings. The smallest absolute Gasteiger partial charge is 0.410 e. The molecule has 0 unspecified atom stereocenters. The summed E-state index contributed by atoms with van der Waals surface area (Å²) in [6.07, 6.45) is 4.14. The fraction of sp³-hybridized carbons (Fsp3) is 0.611. The second-order valence-electron chi connectivity index (χ2n) is 7.04. The molecule has 130 valence electrons. The Morgan fingerprint density at radius 3 is 2.62 bits per heavy atom. The number of hydrogen-bond donors (Lipinski definition) is 0. The van der Waals surface area contributed by atoms with Gasteiger partial charge in [0.1, 0.15) is 11.7 Å². The average molecular weight is 331 g/mol. The van der Waals surface area contributed by atoms with Gasteiger partial charge >= 0.3 is 6.09 Å². The highest BCUT2D eigenvalue weighted by atomic mass is 16.6. The fourth-order valence-corrected chi connectivity index (χ4v) is 2.59. The molecule has 1 saturated heterocycles. The number of hydrogen-bond acceptors (Lipinski definition) is 5. The van der Waals surface area contributed by atoms with E-state index in [0.717, 1.165) is 32.4 Å². The van der Waals surface area contributed by atoms with Crippen LogP contribution in [0.5, 0.6) is 5.88 Å². The number of piperidine rings is 1. The van der Waals surface area contributed by atoms with Crippen molar-refractivity contribution in [2.75, 3.05) is 19.7 Å². The van der Waals surface area contributed by atoms with Crippen LogP contribution in [0.4, 0.5) is 4.79 Å². The van der Waals surface area contributed by atoms with Gasteiger partial charge in [0.15, 0.2) is 0 Å². The zero-order valence-corrected chi connectivity index (χ0v) is 14.6. The summed E-state index contributed by atoms with van der Waals surface area (Å²) >= 11 is 0. The average Bonchev–Trinajstić information content (AvgIpc) is 2.54. The predicted octanol–water partition coefficient (Wildman–Crippen LogP) is 3.37. The maximum atomic E-state index is 12.0. The van der Waals surface area contributed by atoms with Crippen LogP contribution in [0.3, 0.4) is 0 Å². The highest BCUT2D eigenvalue weighted by Crippen LogP contribution is 2.22. The molecule has 0 N–H and O–H groups in total. The van der Waals surface area contributed by atoms with Crippen LogP contribution < -0.4 is 4.74 Å². The molecule has 24 heavy (non-hydrogen) atoms. The number of amides is 1. The molecule has 1 aliphatic heterocycles. The second-order valence-corrected chi connectivity index (χ2v) is 7.04. The third-order valence-electron chi connectivity index (χ3n) is 3.91. The van der Waals surface area contributed by atoms with Crippen LogP contribution in [0, 0.1) is 17.2 Å². The molecule has 1 aliphatic rings. The van der Waals surface area contributed by atoms with E-state index in [0.29, 0.717) is 24.0 Å². The molecule has 6 nitrogen and oxygen atoms in total. The van der Waals surface area contributed by atoms with E-state index in [-0.39, 0.29) is 6.09 Å². The lowest BCUT2D eigenvalue weighted by Gasteiger charge is -2.33. The zero-order chi connectivity index (χ0) is 17.6. The first kappa shape index (κ1) is 18.1. The topological polar surface area (TPSA) is 75.4 Å². The van der Waals surface area contributed by atoms with Crippen LogP contribution in [0.25, 0.3) is 0 Å². The van der Waals surface area contributed by atoms with Gasteiger partial charge in [-0.25, -0.2) is 9.78 Å². The highest BCUT2D eigenvalue weighted by molar-refractivity contribution is 5.68. The first-order valence-corrected chi connectivity index (χ1v) is 8.34. The van der Waals surface area contributed by atoms with Gasteiger partial charge in [0.25, 0.3) is 0 Å². The van der Waals surface area contributed by atoms with Crippen LogP contribution in [0.15, 0.2) is 18.3 Å². The van der Waals surface area contributed by atoms with Crippen molar-refractivity contribution in [3.05, 3.63) is 23.9 Å². The molecule has 0 aliphatic carbocycles. The minimum Gasteiger partial charge on any atom is -0.478 e. The largest absolute Gasteiger partial charge is 0.478 e. The van der Waals surface area contributed by atoms with Gasteiger partial charge in [-0.15, -0.1) is 0 Å². The molecular formula is C18H25N3O3. The summed E-state index contributed by atoms with van der Waals surface area (Å²) in [6.45, 7) is 7.70. The molecule has 0 aromatic carbocycles. The van der Waals surface area contributed by atoms with Gasteiger partial charge in [0.2, 0.25) is 5.88 Å². The van der Waals surface area contributed by atoms with Crippen LogP contribution in [-0.2, 0) is 4.74 Å². The van der Waals surface area contributed by atoms with Gasteiger partial charge in [-0.2, -0.15) is 5.26 Å². The predicted molar refractivity (Wildman–Crippen MR) is 89.6 cm³/mol. The van der Waals surface area contributed by atoms with Crippen molar-refractivity contribution in [1.82, 2.24) is 9.88 Å². The lowest BCUT2D eigenvalue weighted by atomic mass is 9.94. The van der Waals surface area contributed by atoms with E-state index in [9.17, 15) is 4.79 Å². The molecule has 0 saturated carbocycles. The van der Waals surface area contributed by atoms with Crippen molar-refractivity contribution in [1.29, 1.82) is 5.26 Å². The Kier molecular flexibility index (Phi) is 6.02. The summed E-state index contributed by atoms with van der Waals surface area (Å²) in [4.78, 5) is 17.9. The van der Waals surface area contributed by atoms with E-state index in [1.165, 1.54) is 6.20 Å². The lowest BCUT2D eigenvalue weighted by Crippen LogP contribution is -2.41. The van der Waals surface area contributed by atoms with Gasteiger partial charge in [-0.1, -0.05) is 0 Å². The van der Waals surface area contributed by atoms with Gasteiger partial charge in [-0.05, 0) is 52.0 Å². The highest BCUT2D eigenvalue weighted by Gasteiger charge is 2.26. The Morgan fingerprint density at radius 2 is 2.08 bits per heavy atom. The van der Waals surface area contributed by atoms with E-state index in [1.807, 2.05) is 26.8 Å². The van der Waals surface area contributed by atoms with E-state index < -0.39 is 5.60 Å².